The average Bonchev–Trinajstić information content (AvgIpc) is 2.91. The van der Waals surface area contributed by atoms with Crippen molar-refractivity contribution in [2.45, 2.75) is 25.5 Å². The van der Waals surface area contributed by atoms with E-state index in [4.69, 9.17) is 0 Å². The van der Waals surface area contributed by atoms with Crippen molar-refractivity contribution in [3.63, 3.8) is 0 Å². The molecule has 1 aliphatic rings. The second kappa shape index (κ2) is 8.10. The number of amides is 1. The molecule has 1 heterocycles. The number of halogens is 2. The van der Waals surface area contributed by atoms with Crippen LogP contribution in [0.5, 0.6) is 0 Å². The quantitative estimate of drug-likeness (QED) is 0.443. The molecule has 4 nitrogen and oxygen atoms in total. The lowest BCUT2D eigenvalue weighted by Crippen LogP contribution is -2.41. The fourth-order valence-corrected chi connectivity index (χ4v) is 4.32. The van der Waals surface area contributed by atoms with Crippen LogP contribution >= 0.6 is 31.9 Å². The molecule has 0 aliphatic carbocycles. The van der Waals surface area contributed by atoms with Gasteiger partial charge in [-0.2, -0.15) is 0 Å². The van der Waals surface area contributed by atoms with Crippen LogP contribution in [-0.4, -0.2) is 16.8 Å². The van der Waals surface area contributed by atoms with Crippen molar-refractivity contribution in [3.8, 4) is 0 Å². The van der Waals surface area contributed by atoms with Crippen LogP contribution in [-0.2, 0) is 16.9 Å². The van der Waals surface area contributed by atoms with Gasteiger partial charge in [-0.15, -0.1) is 0 Å². The minimum atomic E-state index is -1.91. The summed E-state index contributed by atoms with van der Waals surface area (Å²) in [7, 11) is 0. The normalized spacial score (nSPS) is 17.9. The molecule has 3 aromatic rings. The molecule has 0 radical (unpaired) electrons. The number of hydrogen-bond donors (Lipinski definition) is 1. The van der Waals surface area contributed by atoms with E-state index in [9.17, 15) is 14.7 Å². The van der Waals surface area contributed by atoms with Crippen LogP contribution in [0.2, 0.25) is 0 Å². The molecular formula is C24H19Br2NO3. The summed E-state index contributed by atoms with van der Waals surface area (Å²) in [6.45, 7) is 2.25. The highest BCUT2D eigenvalue weighted by molar-refractivity contribution is 9.10. The van der Waals surface area contributed by atoms with Gasteiger partial charge in [-0.25, -0.2) is 0 Å². The molecule has 0 saturated carbocycles. The number of benzene rings is 3. The van der Waals surface area contributed by atoms with Gasteiger partial charge in [-0.05, 0) is 42.8 Å². The van der Waals surface area contributed by atoms with Crippen LogP contribution in [0.4, 0.5) is 5.69 Å². The van der Waals surface area contributed by atoms with Gasteiger partial charge < -0.3 is 10.0 Å². The van der Waals surface area contributed by atoms with Gasteiger partial charge in [0.2, 0.25) is 0 Å². The molecule has 0 bridgehead atoms. The largest absolute Gasteiger partial charge is 0.375 e. The van der Waals surface area contributed by atoms with Crippen LogP contribution in [0.1, 0.15) is 33.5 Å². The maximum absolute atomic E-state index is 13.4. The van der Waals surface area contributed by atoms with Crippen LogP contribution in [0.25, 0.3) is 0 Å². The van der Waals surface area contributed by atoms with E-state index in [0.29, 0.717) is 23.4 Å². The topological polar surface area (TPSA) is 57.6 Å². The fourth-order valence-electron chi connectivity index (χ4n) is 3.70. The predicted octanol–water partition coefficient (Wildman–Crippen LogP) is 5.53. The Hall–Kier alpha value is -2.28. The maximum atomic E-state index is 13.4. The summed E-state index contributed by atoms with van der Waals surface area (Å²) < 4.78 is 1.68. The molecule has 1 aliphatic heterocycles. The molecule has 0 aromatic heterocycles. The Balaban J connectivity index is 1.70. The number of hydrogen-bond acceptors (Lipinski definition) is 3. The Bertz CT molecular complexity index is 1130. The summed E-state index contributed by atoms with van der Waals surface area (Å²) in [6.07, 6.45) is -0.310. The van der Waals surface area contributed by atoms with Gasteiger partial charge >= 0.3 is 0 Å². The van der Waals surface area contributed by atoms with E-state index in [1.807, 2.05) is 49.4 Å². The van der Waals surface area contributed by atoms with Gasteiger partial charge in [0.15, 0.2) is 11.4 Å². The van der Waals surface area contributed by atoms with Crippen molar-refractivity contribution in [2.75, 3.05) is 4.90 Å². The van der Waals surface area contributed by atoms with Gasteiger partial charge in [-0.1, -0.05) is 73.8 Å². The third-order valence-corrected chi connectivity index (χ3v) is 6.36. The van der Waals surface area contributed by atoms with Gasteiger partial charge in [0.05, 0.1) is 18.7 Å². The number of fused-ring (bicyclic) bond motifs is 1. The van der Waals surface area contributed by atoms with Crippen molar-refractivity contribution < 1.29 is 14.7 Å². The number of Topliss-reactive ketones (excluding diaryl/α,β-unsaturated/α-hetero) is 1. The van der Waals surface area contributed by atoms with Gasteiger partial charge in [0, 0.05) is 20.1 Å². The zero-order chi connectivity index (χ0) is 21.5. The Kier molecular flexibility index (Phi) is 5.66. The monoisotopic (exact) mass is 527 g/mol. The van der Waals surface area contributed by atoms with Crippen molar-refractivity contribution in [1.29, 1.82) is 0 Å². The first kappa shape index (κ1) is 21.0. The zero-order valence-electron chi connectivity index (χ0n) is 16.2. The van der Waals surface area contributed by atoms with Gasteiger partial charge in [0.1, 0.15) is 0 Å². The molecule has 0 saturated heterocycles. The van der Waals surface area contributed by atoms with E-state index in [1.165, 1.54) is 0 Å². The smallest absolute Gasteiger partial charge is 0.264 e. The molecule has 152 valence electrons. The first-order valence-corrected chi connectivity index (χ1v) is 11.1. The third-order valence-electron chi connectivity index (χ3n) is 5.34. The molecule has 1 amide bonds. The van der Waals surface area contributed by atoms with Crippen LogP contribution in [0.3, 0.4) is 0 Å². The maximum Gasteiger partial charge on any atom is 0.264 e. The van der Waals surface area contributed by atoms with Gasteiger partial charge in [-0.3, -0.25) is 9.59 Å². The Morgan fingerprint density at radius 1 is 0.967 bits per heavy atom. The molecule has 3 aromatic carbocycles. The van der Waals surface area contributed by atoms with E-state index >= 15 is 0 Å². The number of aliphatic hydroxyl groups is 1. The standard InChI is InChI=1S/C24H19Br2NO3/c1-15-2-6-17(7-3-15)22(28)13-24(30)20-12-19(26)10-11-21(20)27(23(24)29)14-16-4-8-18(25)9-5-16/h2-12,30H,13-14H2,1H3/t24-/m0/s1. The Morgan fingerprint density at radius 2 is 1.60 bits per heavy atom. The van der Waals surface area contributed by atoms with Crippen LogP contribution < -0.4 is 4.90 Å². The zero-order valence-corrected chi connectivity index (χ0v) is 19.4. The Labute approximate surface area is 191 Å². The molecule has 0 spiro atoms. The Morgan fingerprint density at radius 3 is 2.27 bits per heavy atom. The minimum absolute atomic E-state index is 0.276. The summed E-state index contributed by atoms with van der Waals surface area (Å²) in [5, 5.41) is 11.5. The molecular weight excluding hydrogens is 510 g/mol. The number of aryl methyl sites for hydroxylation is 1. The SMILES string of the molecule is Cc1ccc(C(=O)C[C@@]2(O)C(=O)N(Cc3ccc(Br)cc3)c3ccc(Br)cc32)cc1. The highest BCUT2D eigenvalue weighted by atomic mass is 79.9. The second-order valence-corrected chi connectivity index (χ2v) is 9.34. The molecule has 4 rings (SSSR count). The number of nitrogens with zero attached hydrogens (tertiary/aromatic N) is 1. The van der Waals surface area contributed by atoms with Crippen LogP contribution in [0, 0.1) is 6.92 Å². The molecule has 1 N–H and O–H groups in total. The second-order valence-electron chi connectivity index (χ2n) is 7.51. The van der Waals surface area contributed by atoms with Gasteiger partial charge in [0.25, 0.3) is 5.91 Å². The molecule has 1 atom stereocenters. The van der Waals surface area contributed by atoms with E-state index in [0.717, 1.165) is 20.1 Å². The summed E-state index contributed by atoms with van der Waals surface area (Å²) >= 11 is 6.83. The number of anilines is 1. The molecule has 0 fully saturated rings. The number of ketones is 1. The minimum Gasteiger partial charge on any atom is -0.375 e. The lowest BCUT2D eigenvalue weighted by Gasteiger charge is -2.23. The molecule has 30 heavy (non-hydrogen) atoms. The summed E-state index contributed by atoms with van der Waals surface area (Å²) in [5.41, 5.74) is 1.59. The molecule has 0 unspecified atom stereocenters. The summed E-state index contributed by atoms with van der Waals surface area (Å²) in [6, 6.07) is 20.1. The summed E-state index contributed by atoms with van der Waals surface area (Å²) in [5.74, 6) is -0.763. The fraction of sp³-hybridized carbons (Fsp3) is 0.167. The van der Waals surface area contributed by atoms with Crippen LogP contribution in [0.15, 0.2) is 75.7 Å². The lowest BCUT2D eigenvalue weighted by molar-refractivity contribution is -0.136. The van der Waals surface area contributed by atoms with Crippen molar-refractivity contribution >= 4 is 49.2 Å². The number of rotatable bonds is 5. The van der Waals surface area contributed by atoms with E-state index < -0.39 is 11.5 Å². The van der Waals surface area contributed by atoms with Crippen molar-refractivity contribution in [3.05, 3.63) is 97.9 Å². The average molecular weight is 529 g/mol. The van der Waals surface area contributed by atoms with E-state index in [2.05, 4.69) is 31.9 Å². The lowest BCUT2D eigenvalue weighted by atomic mass is 9.88. The first-order valence-electron chi connectivity index (χ1n) is 9.46. The first-order chi connectivity index (χ1) is 14.3. The highest BCUT2D eigenvalue weighted by Gasteiger charge is 2.51. The number of carbonyl (C=O) groups excluding carboxylic acids is 2. The third kappa shape index (κ3) is 3.87. The predicted molar refractivity (Wildman–Crippen MR) is 123 cm³/mol. The van der Waals surface area contributed by atoms with E-state index in [1.54, 1.807) is 29.2 Å². The highest BCUT2D eigenvalue weighted by Crippen LogP contribution is 2.44. The van der Waals surface area contributed by atoms with E-state index in [-0.39, 0.29) is 12.2 Å². The molecule has 6 heteroatoms. The summed E-state index contributed by atoms with van der Waals surface area (Å²) in [4.78, 5) is 27.8. The van der Waals surface area contributed by atoms with Crippen molar-refractivity contribution in [1.82, 2.24) is 0 Å². The number of carbonyl (C=O) groups is 2. The van der Waals surface area contributed by atoms with Crippen molar-refractivity contribution in [2.24, 2.45) is 0 Å².